The van der Waals surface area contributed by atoms with E-state index in [2.05, 4.69) is 30.6 Å². The highest BCUT2D eigenvalue weighted by Crippen LogP contribution is 2.19. The number of urea groups is 2. The van der Waals surface area contributed by atoms with Crippen LogP contribution in [0.25, 0.3) is 0 Å². The van der Waals surface area contributed by atoms with Crippen molar-refractivity contribution >= 4 is 79.1 Å². The number of aromatic nitrogens is 4. The highest BCUT2D eigenvalue weighted by molar-refractivity contribution is 7.90. The fraction of sp³-hybridized carbons (Fsp3) is 0.143. The number of methoxy groups -OCH3 is 2. The van der Waals surface area contributed by atoms with Gasteiger partial charge in [0.15, 0.2) is 0 Å². The van der Waals surface area contributed by atoms with Crippen molar-refractivity contribution in [3.05, 3.63) is 82.1 Å². The first-order valence-corrected chi connectivity index (χ1v) is 17.6. The number of hydrogen-bond donors (Lipinski definition) is 5. The van der Waals surface area contributed by atoms with E-state index in [4.69, 9.17) is 42.5 Å². The fourth-order valence-electron chi connectivity index (χ4n) is 3.68. The van der Waals surface area contributed by atoms with Gasteiger partial charge in [0.05, 0.1) is 32.0 Å². The first-order chi connectivity index (χ1) is 24.5. The number of carboxylic acids is 1. The van der Waals surface area contributed by atoms with Gasteiger partial charge in [-0.25, -0.2) is 55.4 Å². The Hall–Kier alpha value is -5.84. The molecule has 0 bridgehead atoms. The lowest BCUT2D eigenvalue weighted by Crippen LogP contribution is -2.35. The summed E-state index contributed by atoms with van der Waals surface area (Å²) < 4.78 is 67.4. The third-order valence-corrected chi connectivity index (χ3v) is 8.91. The molecule has 0 saturated carbocycles. The Balaban J connectivity index is 0.000000281. The Labute approximate surface area is 305 Å². The maximum absolute atomic E-state index is 12.5. The summed E-state index contributed by atoms with van der Waals surface area (Å²) in [5.74, 6) is -2.74. The van der Waals surface area contributed by atoms with Crippen molar-refractivity contribution in [3.63, 3.8) is 0 Å². The second-order valence-corrected chi connectivity index (χ2v) is 13.3. The number of aromatic carboxylic acids is 1. The monoisotopic (exact) mass is 800 g/mol. The molecule has 0 saturated heterocycles. The molecule has 20 nitrogen and oxygen atoms in total. The van der Waals surface area contributed by atoms with E-state index >= 15 is 0 Å². The van der Waals surface area contributed by atoms with Gasteiger partial charge >= 0.3 is 24.0 Å². The van der Waals surface area contributed by atoms with Gasteiger partial charge in [0, 0.05) is 12.1 Å². The summed E-state index contributed by atoms with van der Waals surface area (Å²) in [6.07, 6.45) is 0. The van der Waals surface area contributed by atoms with Crippen molar-refractivity contribution < 1.29 is 55.3 Å². The van der Waals surface area contributed by atoms with Crippen molar-refractivity contribution in [2.24, 2.45) is 0 Å². The van der Waals surface area contributed by atoms with Gasteiger partial charge in [0.1, 0.15) is 20.1 Å². The van der Waals surface area contributed by atoms with Gasteiger partial charge in [0.25, 0.3) is 20.0 Å². The van der Waals surface area contributed by atoms with Crippen LogP contribution in [0.3, 0.4) is 0 Å². The van der Waals surface area contributed by atoms with Crippen molar-refractivity contribution in [1.29, 1.82) is 0 Å². The zero-order chi connectivity index (χ0) is 38.6. The third kappa shape index (κ3) is 11.3. The van der Waals surface area contributed by atoms with E-state index in [-0.39, 0.29) is 46.1 Å². The minimum Gasteiger partial charge on any atom is -0.481 e. The quantitative estimate of drug-likeness (QED) is 0.108. The van der Waals surface area contributed by atoms with Crippen molar-refractivity contribution in [3.8, 4) is 11.8 Å². The molecule has 0 aliphatic heterocycles. The van der Waals surface area contributed by atoms with Crippen LogP contribution in [0.5, 0.6) is 11.8 Å². The van der Waals surface area contributed by atoms with Gasteiger partial charge in [0.2, 0.25) is 23.7 Å². The first kappa shape index (κ1) is 40.6. The summed E-state index contributed by atoms with van der Waals surface area (Å²) in [4.78, 5) is 61.0. The van der Waals surface area contributed by atoms with Crippen LogP contribution in [-0.2, 0) is 24.8 Å². The largest absolute Gasteiger partial charge is 0.481 e. The number of esters is 1. The lowest BCUT2D eigenvalue weighted by atomic mass is 10.2. The van der Waals surface area contributed by atoms with E-state index in [1.165, 1.54) is 62.8 Å². The van der Waals surface area contributed by atoms with E-state index in [9.17, 15) is 36.0 Å². The Kier molecular flexibility index (Phi) is 14.0. The molecule has 0 atom stereocenters. The zero-order valence-electron chi connectivity index (χ0n) is 26.8. The highest BCUT2D eigenvalue weighted by Gasteiger charge is 2.26. The Morgan fingerprint density at radius 3 is 1.50 bits per heavy atom. The van der Waals surface area contributed by atoms with Crippen LogP contribution < -0.4 is 29.6 Å². The Morgan fingerprint density at radius 2 is 1.10 bits per heavy atom. The van der Waals surface area contributed by atoms with Crippen LogP contribution in [-0.4, -0.2) is 86.7 Å². The Bertz CT molecular complexity index is 2210. The summed E-state index contributed by atoms with van der Waals surface area (Å²) in [6, 6.07) is 10.4. The van der Waals surface area contributed by atoms with Gasteiger partial charge < -0.3 is 19.3 Å². The second-order valence-electron chi connectivity index (χ2n) is 9.25. The zero-order valence-corrected chi connectivity index (χ0v) is 29.9. The van der Waals surface area contributed by atoms with E-state index in [0.717, 1.165) is 12.1 Å². The molecule has 0 fully saturated rings. The minimum atomic E-state index is -4.44. The standard InChI is InChI=1S/C15H15ClN4O6S.C13H11ClN4O6S/c1-3-26-13(21)9-6-4-5-7-10(9)27(23,24)20-15(22)19-14-17-11(16)8-12(18-14)25-2;1-24-10-6-9(14)15-12(16-10)17-13(21)18-25(22,23)8-5-3-2-4-7(8)11(19)20/h4-8H,3H2,1-2H3,(H2,17,18,19,20,22);2-6H,1H3,(H,19,20)(H2,15,16,17,18,21). The predicted octanol–water partition coefficient (Wildman–Crippen LogP) is 3.17. The number of hydrogen-bond acceptors (Lipinski definition) is 15. The molecular formula is C28H26Cl2N8O12S2. The SMILES string of the molecule is CCOC(=O)c1ccccc1S(=O)(=O)NC(=O)Nc1nc(Cl)cc(OC)n1.COc1cc(Cl)nc(NC(=O)NS(=O)(=O)c2ccccc2C(=O)O)n1. The van der Waals surface area contributed by atoms with Crippen molar-refractivity contribution in [2.75, 3.05) is 31.5 Å². The summed E-state index contributed by atoms with van der Waals surface area (Å²) in [6.45, 7) is 1.65. The van der Waals surface area contributed by atoms with Crippen LogP contribution in [0.1, 0.15) is 27.6 Å². The van der Waals surface area contributed by atoms with E-state index < -0.39 is 59.4 Å². The average Bonchev–Trinajstić information content (AvgIpc) is 3.07. The van der Waals surface area contributed by atoms with Crippen LogP contribution in [0, 0.1) is 0 Å². The maximum Gasteiger partial charge on any atom is 0.339 e. The number of nitrogens with zero attached hydrogens (tertiary/aromatic N) is 4. The number of rotatable bonds is 11. The highest BCUT2D eigenvalue weighted by atomic mass is 35.5. The van der Waals surface area contributed by atoms with Crippen LogP contribution >= 0.6 is 23.2 Å². The normalized spacial score (nSPS) is 10.8. The van der Waals surface area contributed by atoms with Crippen molar-refractivity contribution in [1.82, 2.24) is 29.4 Å². The number of carbonyl (C=O) groups excluding carboxylic acids is 3. The maximum atomic E-state index is 12.5. The van der Waals surface area contributed by atoms with Gasteiger partial charge in [-0.2, -0.15) is 9.97 Å². The van der Waals surface area contributed by atoms with E-state index in [0.29, 0.717) is 0 Å². The number of halogens is 2. The average molecular weight is 802 g/mol. The topological polar surface area (TPSA) is 284 Å². The van der Waals surface area contributed by atoms with E-state index in [1.54, 1.807) is 16.4 Å². The number of anilines is 2. The number of nitrogens with one attached hydrogen (secondary N) is 4. The molecule has 4 aromatic rings. The number of carbonyl (C=O) groups is 4. The predicted molar refractivity (Wildman–Crippen MR) is 182 cm³/mol. The molecule has 0 spiro atoms. The molecule has 4 amide bonds. The molecule has 0 aliphatic carbocycles. The number of amides is 4. The van der Waals surface area contributed by atoms with Gasteiger partial charge in [-0.15, -0.1) is 0 Å². The first-order valence-electron chi connectivity index (χ1n) is 13.9. The fourth-order valence-corrected chi connectivity index (χ4v) is 6.24. The van der Waals surface area contributed by atoms with Crippen LogP contribution in [0.4, 0.5) is 21.5 Å². The summed E-state index contributed by atoms with van der Waals surface area (Å²) in [7, 11) is -6.18. The number of ether oxygens (including phenoxy) is 3. The van der Waals surface area contributed by atoms with Crippen LogP contribution in [0.2, 0.25) is 10.3 Å². The third-order valence-electron chi connectivity index (χ3n) is 5.74. The summed E-state index contributed by atoms with van der Waals surface area (Å²) >= 11 is 11.5. The molecule has 2 aromatic heterocycles. The molecule has 0 unspecified atom stereocenters. The molecule has 24 heteroatoms. The van der Waals surface area contributed by atoms with E-state index in [1.807, 2.05) is 0 Å². The second kappa shape index (κ2) is 17.9. The van der Waals surface area contributed by atoms with Crippen molar-refractivity contribution in [2.45, 2.75) is 16.7 Å². The van der Waals surface area contributed by atoms with Gasteiger partial charge in [-0.05, 0) is 31.2 Å². The molecule has 0 aliphatic rings. The number of sulfonamides is 2. The molecule has 2 heterocycles. The number of benzene rings is 2. The molecule has 4 rings (SSSR count). The minimum absolute atomic E-state index is 0.0207. The number of carboxylic acid groups (broad SMARTS) is 1. The molecule has 276 valence electrons. The smallest absolute Gasteiger partial charge is 0.339 e. The molecule has 0 radical (unpaired) electrons. The lowest BCUT2D eigenvalue weighted by Gasteiger charge is -2.11. The van der Waals surface area contributed by atoms with Gasteiger partial charge in [-0.3, -0.25) is 10.6 Å². The summed E-state index contributed by atoms with van der Waals surface area (Å²) in [5.41, 5.74) is -0.691. The molecular weight excluding hydrogens is 775 g/mol. The van der Waals surface area contributed by atoms with Crippen LogP contribution in [0.15, 0.2) is 70.5 Å². The Morgan fingerprint density at radius 1 is 0.692 bits per heavy atom. The summed E-state index contributed by atoms with van der Waals surface area (Å²) in [5, 5.41) is 13.2. The lowest BCUT2D eigenvalue weighted by molar-refractivity contribution is 0.0521. The molecule has 2 aromatic carbocycles. The molecule has 52 heavy (non-hydrogen) atoms. The molecule has 5 N–H and O–H groups in total. The van der Waals surface area contributed by atoms with Gasteiger partial charge in [-0.1, -0.05) is 47.5 Å².